The lowest BCUT2D eigenvalue weighted by Crippen LogP contribution is -2.14. The number of allylic oxidation sites excluding steroid dienone is 1. The lowest BCUT2D eigenvalue weighted by atomic mass is 10.1. The molecule has 0 amide bonds. The number of benzene rings is 2. The molecule has 0 saturated heterocycles. The summed E-state index contributed by atoms with van der Waals surface area (Å²) in [4.78, 5) is 24.6. The van der Waals surface area contributed by atoms with Crippen molar-refractivity contribution in [1.82, 2.24) is 0 Å². The molecule has 2 aromatic rings. The Morgan fingerprint density at radius 1 is 1.12 bits per heavy atom. The van der Waals surface area contributed by atoms with Gasteiger partial charge in [-0.05, 0) is 54.5 Å². The Morgan fingerprint density at radius 3 is 2.48 bits per heavy atom. The molecule has 0 N–H and O–H groups in total. The Balaban J connectivity index is 1.42. The largest absolute Gasteiger partial charge is 0.457 e. The average Bonchev–Trinajstić information content (AvgIpc) is 3.70. The molecule has 0 heterocycles. The molecule has 3 atom stereocenters. The van der Waals surface area contributed by atoms with Gasteiger partial charge in [0.15, 0.2) is 0 Å². The third-order valence-corrected chi connectivity index (χ3v) is 5.97. The standard InChI is InChI=1S/C26H24FNO5/c1-26(2)20(14-21(27)24(29)32-18-11-12-18)23(26)25(30)33-22(15-28)16-7-6-10-19(13-16)31-17-8-4-3-5-9-17/h3-10,13-14,18,20,22-23H,11-12H2,1-2H3/b21-14+/t20-,22+,23-/m0/s1. The number of nitrogens with zero attached hydrogens (tertiary/aromatic N) is 1. The molecule has 2 aromatic carbocycles. The van der Waals surface area contributed by atoms with Crippen molar-refractivity contribution in [3.8, 4) is 17.6 Å². The highest BCUT2D eigenvalue weighted by atomic mass is 19.1. The first-order chi connectivity index (χ1) is 15.8. The van der Waals surface area contributed by atoms with Crippen molar-refractivity contribution in [2.75, 3.05) is 0 Å². The lowest BCUT2D eigenvalue weighted by molar-refractivity contribution is -0.149. The summed E-state index contributed by atoms with van der Waals surface area (Å²) in [5.74, 6) is -2.68. The van der Waals surface area contributed by atoms with Crippen LogP contribution in [-0.2, 0) is 19.1 Å². The molecule has 0 bridgehead atoms. The number of ether oxygens (including phenoxy) is 3. The van der Waals surface area contributed by atoms with Crippen molar-refractivity contribution in [1.29, 1.82) is 5.26 Å². The number of para-hydroxylation sites is 1. The number of rotatable bonds is 8. The van der Waals surface area contributed by atoms with E-state index in [-0.39, 0.29) is 6.10 Å². The SMILES string of the molecule is CC1(C)[C@H](C(=O)O[C@H](C#N)c2cccc(Oc3ccccc3)c2)[C@@H]1/C=C(/F)C(=O)OC1CC1. The zero-order valence-electron chi connectivity index (χ0n) is 18.4. The summed E-state index contributed by atoms with van der Waals surface area (Å²) in [5, 5.41) is 9.61. The quantitative estimate of drug-likeness (QED) is 0.395. The monoisotopic (exact) mass is 449 g/mol. The van der Waals surface area contributed by atoms with Gasteiger partial charge in [0.2, 0.25) is 11.9 Å². The minimum atomic E-state index is -1.15. The number of halogens is 1. The number of hydrogen-bond donors (Lipinski definition) is 0. The van der Waals surface area contributed by atoms with Crippen molar-refractivity contribution in [3.63, 3.8) is 0 Å². The molecule has 7 heteroatoms. The van der Waals surface area contributed by atoms with Gasteiger partial charge in [-0.1, -0.05) is 44.2 Å². The first-order valence-electron chi connectivity index (χ1n) is 10.8. The molecule has 2 fully saturated rings. The van der Waals surface area contributed by atoms with Gasteiger partial charge in [0.25, 0.3) is 0 Å². The van der Waals surface area contributed by atoms with Crippen molar-refractivity contribution in [3.05, 3.63) is 72.1 Å². The van der Waals surface area contributed by atoms with E-state index >= 15 is 0 Å². The maximum absolute atomic E-state index is 14.2. The van der Waals surface area contributed by atoms with Crippen molar-refractivity contribution >= 4 is 11.9 Å². The van der Waals surface area contributed by atoms with Crippen LogP contribution in [-0.4, -0.2) is 18.0 Å². The second-order valence-corrected chi connectivity index (χ2v) is 8.88. The molecule has 0 aromatic heterocycles. The zero-order chi connectivity index (χ0) is 23.6. The maximum atomic E-state index is 14.2. The smallest absolute Gasteiger partial charge is 0.367 e. The van der Waals surface area contributed by atoms with Gasteiger partial charge in [0, 0.05) is 5.56 Å². The van der Waals surface area contributed by atoms with Gasteiger partial charge in [-0.2, -0.15) is 9.65 Å². The van der Waals surface area contributed by atoms with Crippen molar-refractivity contribution in [2.45, 2.75) is 38.9 Å². The zero-order valence-corrected chi connectivity index (χ0v) is 18.4. The van der Waals surface area contributed by atoms with Crippen molar-refractivity contribution in [2.24, 2.45) is 17.3 Å². The molecule has 2 aliphatic rings. The van der Waals surface area contributed by atoms with Crippen LogP contribution in [0.1, 0.15) is 38.4 Å². The minimum absolute atomic E-state index is 0.206. The summed E-state index contributed by atoms with van der Waals surface area (Å²) in [7, 11) is 0. The Morgan fingerprint density at radius 2 is 1.82 bits per heavy atom. The van der Waals surface area contributed by atoms with Crippen LogP contribution >= 0.6 is 0 Å². The molecule has 170 valence electrons. The third kappa shape index (κ3) is 5.23. The molecule has 6 nitrogen and oxygen atoms in total. The van der Waals surface area contributed by atoms with Crippen LogP contribution in [0.15, 0.2) is 66.5 Å². The van der Waals surface area contributed by atoms with Crippen LogP contribution in [0.2, 0.25) is 0 Å². The Bertz CT molecular complexity index is 1120. The van der Waals surface area contributed by atoms with E-state index in [4.69, 9.17) is 14.2 Å². The number of carbonyl (C=O) groups excluding carboxylic acids is 2. The summed E-state index contributed by atoms with van der Waals surface area (Å²) in [6.45, 7) is 3.57. The predicted molar refractivity (Wildman–Crippen MR) is 116 cm³/mol. The molecule has 33 heavy (non-hydrogen) atoms. The van der Waals surface area contributed by atoms with Gasteiger partial charge in [-0.3, -0.25) is 4.79 Å². The van der Waals surface area contributed by atoms with Crippen molar-refractivity contribution < 1.29 is 28.2 Å². The summed E-state index contributed by atoms with van der Waals surface area (Å²) < 4.78 is 30.5. The van der Waals surface area contributed by atoms with Crippen LogP contribution in [0.3, 0.4) is 0 Å². The van der Waals surface area contributed by atoms with E-state index in [2.05, 4.69) is 0 Å². The van der Waals surface area contributed by atoms with Gasteiger partial charge < -0.3 is 14.2 Å². The van der Waals surface area contributed by atoms with Gasteiger partial charge in [0.1, 0.15) is 23.7 Å². The van der Waals surface area contributed by atoms with Gasteiger partial charge in [-0.15, -0.1) is 0 Å². The third-order valence-electron chi connectivity index (χ3n) is 5.97. The Hall–Kier alpha value is -3.66. The second kappa shape index (κ2) is 9.07. The molecular weight excluding hydrogens is 425 g/mol. The molecular formula is C26H24FNO5. The number of hydrogen-bond acceptors (Lipinski definition) is 6. The number of nitriles is 1. The molecule has 0 aliphatic heterocycles. The fraction of sp³-hybridized carbons (Fsp3) is 0.346. The van der Waals surface area contributed by atoms with E-state index in [9.17, 15) is 19.2 Å². The number of esters is 2. The predicted octanol–water partition coefficient (Wildman–Crippen LogP) is 5.42. The maximum Gasteiger partial charge on any atom is 0.367 e. The van der Waals surface area contributed by atoms with E-state index in [0.717, 1.165) is 18.9 Å². The first-order valence-corrected chi connectivity index (χ1v) is 10.8. The fourth-order valence-electron chi connectivity index (χ4n) is 3.78. The topological polar surface area (TPSA) is 85.6 Å². The van der Waals surface area contributed by atoms with E-state index in [0.29, 0.717) is 17.1 Å². The first kappa shape index (κ1) is 22.5. The van der Waals surface area contributed by atoms with E-state index in [1.165, 1.54) is 0 Å². The van der Waals surface area contributed by atoms with Crippen LogP contribution in [0.4, 0.5) is 4.39 Å². The summed E-state index contributed by atoms with van der Waals surface area (Å²) in [6.07, 6.45) is 1.27. The van der Waals surface area contributed by atoms with Crippen LogP contribution < -0.4 is 4.74 Å². The summed E-state index contributed by atoms with van der Waals surface area (Å²) >= 11 is 0. The van der Waals surface area contributed by atoms with Crippen LogP contribution in [0.5, 0.6) is 11.5 Å². The summed E-state index contributed by atoms with van der Waals surface area (Å²) in [5.41, 5.74) is -0.143. The van der Waals surface area contributed by atoms with E-state index in [1.54, 1.807) is 50.2 Å². The molecule has 0 radical (unpaired) electrons. The molecule has 2 saturated carbocycles. The van der Waals surface area contributed by atoms with E-state index in [1.807, 2.05) is 24.3 Å². The Labute approximate surface area is 191 Å². The van der Waals surface area contributed by atoms with Gasteiger partial charge in [-0.25, -0.2) is 4.79 Å². The highest BCUT2D eigenvalue weighted by Gasteiger charge is 2.62. The highest BCUT2D eigenvalue weighted by Crippen LogP contribution is 2.60. The molecule has 0 unspecified atom stereocenters. The Kier molecular flexibility index (Phi) is 6.19. The molecule has 0 spiro atoms. The lowest BCUT2D eigenvalue weighted by Gasteiger charge is -2.13. The van der Waals surface area contributed by atoms with Crippen LogP contribution in [0, 0.1) is 28.6 Å². The minimum Gasteiger partial charge on any atom is -0.457 e. The number of carbonyl (C=O) groups is 2. The molecule has 2 aliphatic carbocycles. The van der Waals surface area contributed by atoms with E-state index < -0.39 is 41.1 Å². The average molecular weight is 449 g/mol. The molecule has 4 rings (SSSR count). The summed E-state index contributed by atoms with van der Waals surface area (Å²) in [6, 6.07) is 17.9. The fourth-order valence-corrected chi connectivity index (χ4v) is 3.78. The van der Waals surface area contributed by atoms with Crippen LogP contribution in [0.25, 0.3) is 0 Å². The second-order valence-electron chi connectivity index (χ2n) is 8.88. The van der Waals surface area contributed by atoms with Gasteiger partial charge in [0.05, 0.1) is 5.92 Å². The highest BCUT2D eigenvalue weighted by molar-refractivity contribution is 5.87. The normalized spacial score (nSPS) is 21.9. The van der Waals surface area contributed by atoms with Gasteiger partial charge >= 0.3 is 11.9 Å².